The number of carboxylic acids is 1. The number of carbonyl (C=O) groups excluding carboxylic acids is 1. The Morgan fingerprint density at radius 3 is 2.12 bits per heavy atom. The first-order valence-electron chi connectivity index (χ1n) is 4.82. The highest BCUT2D eigenvalue weighted by Crippen LogP contribution is 2.03. The number of carbonyl (C=O) groups is 2. The van der Waals surface area contributed by atoms with Gasteiger partial charge in [-0.15, -0.1) is 0 Å². The van der Waals surface area contributed by atoms with Gasteiger partial charge in [0.2, 0.25) is 5.91 Å². The zero-order valence-electron chi connectivity index (χ0n) is 9.63. The number of carboxylic acid groups (broad SMARTS) is 1. The zero-order chi connectivity index (χ0) is 12.9. The molecule has 0 radical (unpaired) electrons. The van der Waals surface area contributed by atoms with Gasteiger partial charge in [-0.1, -0.05) is 0 Å². The Morgan fingerprint density at radius 1 is 1.31 bits per heavy atom. The van der Waals surface area contributed by atoms with E-state index in [0.717, 1.165) is 11.2 Å². The van der Waals surface area contributed by atoms with Crippen molar-refractivity contribution in [3.05, 3.63) is 0 Å². The third-order valence-corrected chi connectivity index (χ3v) is 2.88. The number of rotatable bonds is 6. The zero-order valence-corrected chi connectivity index (χ0v) is 10.5. The summed E-state index contributed by atoms with van der Waals surface area (Å²) in [5.74, 6) is -1.82. The molecular weight excluding hydrogens is 234 g/mol. The molecule has 0 saturated carbocycles. The average molecular weight is 251 g/mol. The topological polar surface area (TPSA) is 91.8 Å². The fourth-order valence-corrected chi connectivity index (χ4v) is 1.67. The number of hydrogen-bond acceptors (Lipinski definition) is 4. The van der Waals surface area contributed by atoms with E-state index in [0.29, 0.717) is 0 Å². The minimum atomic E-state index is -3.20. The molecule has 1 N–H and O–H groups in total. The van der Waals surface area contributed by atoms with E-state index in [1.807, 2.05) is 0 Å². The highest BCUT2D eigenvalue weighted by atomic mass is 32.2. The van der Waals surface area contributed by atoms with E-state index in [1.165, 1.54) is 0 Å². The molecule has 0 aliphatic heterocycles. The molecule has 16 heavy (non-hydrogen) atoms. The standard InChI is InChI=1S/C9H17NO5S/c1-7(2)10(6-9(12)13)8(11)4-5-16(3,14)15/h7H,4-6H2,1-3H3,(H,12,13). The highest BCUT2D eigenvalue weighted by molar-refractivity contribution is 7.90. The summed E-state index contributed by atoms with van der Waals surface area (Å²) in [4.78, 5) is 23.2. The molecule has 0 rings (SSSR count). The monoisotopic (exact) mass is 251 g/mol. The summed E-state index contributed by atoms with van der Waals surface area (Å²) in [6.07, 6.45) is 0.863. The molecule has 0 heterocycles. The van der Waals surface area contributed by atoms with Crippen molar-refractivity contribution in [2.75, 3.05) is 18.6 Å². The smallest absolute Gasteiger partial charge is 0.323 e. The fraction of sp³-hybridized carbons (Fsp3) is 0.778. The minimum absolute atomic E-state index is 0.176. The van der Waals surface area contributed by atoms with Gasteiger partial charge in [0.05, 0.1) is 5.75 Å². The second-order valence-corrected chi connectivity index (χ2v) is 6.15. The van der Waals surface area contributed by atoms with Crippen molar-refractivity contribution in [2.45, 2.75) is 26.3 Å². The van der Waals surface area contributed by atoms with Crippen LogP contribution in [0.25, 0.3) is 0 Å². The van der Waals surface area contributed by atoms with Gasteiger partial charge in [-0.05, 0) is 13.8 Å². The van der Waals surface area contributed by atoms with Crippen molar-refractivity contribution in [2.24, 2.45) is 0 Å². The Hall–Kier alpha value is -1.11. The van der Waals surface area contributed by atoms with Crippen molar-refractivity contribution in [1.29, 1.82) is 0 Å². The van der Waals surface area contributed by atoms with E-state index >= 15 is 0 Å². The van der Waals surface area contributed by atoms with Gasteiger partial charge in [-0.3, -0.25) is 9.59 Å². The van der Waals surface area contributed by atoms with Gasteiger partial charge in [0.25, 0.3) is 0 Å². The normalized spacial score (nSPS) is 11.5. The minimum Gasteiger partial charge on any atom is -0.480 e. The lowest BCUT2D eigenvalue weighted by atomic mass is 10.3. The predicted octanol–water partition coefficient (Wildman–Crippen LogP) is -0.257. The summed E-state index contributed by atoms with van der Waals surface area (Å²) < 4.78 is 21.7. The lowest BCUT2D eigenvalue weighted by Crippen LogP contribution is -2.41. The lowest BCUT2D eigenvalue weighted by Gasteiger charge is -2.24. The number of amides is 1. The Kier molecular flexibility index (Phi) is 5.43. The predicted molar refractivity (Wildman–Crippen MR) is 58.8 cm³/mol. The summed E-state index contributed by atoms with van der Waals surface area (Å²) in [7, 11) is -3.20. The van der Waals surface area contributed by atoms with Crippen LogP contribution in [-0.4, -0.2) is 54.9 Å². The van der Waals surface area contributed by atoms with Crippen LogP contribution >= 0.6 is 0 Å². The molecule has 0 aromatic rings. The largest absolute Gasteiger partial charge is 0.480 e. The highest BCUT2D eigenvalue weighted by Gasteiger charge is 2.20. The molecule has 0 fully saturated rings. The van der Waals surface area contributed by atoms with Gasteiger partial charge in [-0.2, -0.15) is 0 Å². The summed E-state index contributed by atoms with van der Waals surface area (Å²) >= 11 is 0. The molecule has 1 amide bonds. The number of hydrogen-bond donors (Lipinski definition) is 1. The van der Waals surface area contributed by atoms with Crippen LogP contribution in [0, 0.1) is 0 Å². The molecule has 0 atom stereocenters. The van der Waals surface area contributed by atoms with Crippen LogP contribution in [-0.2, 0) is 19.4 Å². The lowest BCUT2D eigenvalue weighted by molar-refractivity contribution is -0.145. The Morgan fingerprint density at radius 2 is 1.81 bits per heavy atom. The summed E-state index contributed by atoms with van der Waals surface area (Å²) in [5, 5.41) is 8.60. The van der Waals surface area contributed by atoms with E-state index in [1.54, 1.807) is 13.8 Å². The third-order valence-electron chi connectivity index (χ3n) is 1.94. The fourth-order valence-electron chi connectivity index (χ4n) is 1.12. The van der Waals surface area contributed by atoms with E-state index < -0.39 is 28.3 Å². The molecule has 0 saturated heterocycles. The van der Waals surface area contributed by atoms with Gasteiger partial charge in [0.15, 0.2) is 0 Å². The summed E-state index contributed by atoms with van der Waals surface area (Å²) in [6.45, 7) is 2.96. The van der Waals surface area contributed by atoms with Crippen LogP contribution < -0.4 is 0 Å². The van der Waals surface area contributed by atoms with E-state index in [2.05, 4.69) is 0 Å². The van der Waals surface area contributed by atoms with Crippen LogP contribution in [0.15, 0.2) is 0 Å². The molecule has 0 unspecified atom stereocenters. The molecular formula is C9H17NO5S. The third kappa shape index (κ3) is 6.39. The van der Waals surface area contributed by atoms with Gasteiger partial charge in [0, 0.05) is 18.7 Å². The first-order valence-corrected chi connectivity index (χ1v) is 6.88. The van der Waals surface area contributed by atoms with Crippen molar-refractivity contribution >= 4 is 21.7 Å². The van der Waals surface area contributed by atoms with Crippen LogP contribution in [0.1, 0.15) is 20.3 Å². The van der Waals surface area contributed by atoms with Crippen LogP contribution in [0.4, 0.5) is 0 Å². The van der Waals surface area contributed by atoms with Gasteiger partial charge in [-0.25, -0.2) is 8.42 Å². The maximum absolute atomic E-state index is 11.6. The second kappa shape index (κ2) is 5.83. The molecule has 0 aliphatic carbocycles. The van der Waals surface area contributed by atoms with Gasteiger partial charge in [0.1, 0.15) is 16.4 Å². The maximum atomic E-state index is 11.6. The molecule has 0 spiro atoms. The molecule has 0 aromatic heterocycles. The van der Waals surface area contributed by atoms with E-state index in [9.17, 15) is 18.0 Å². The Balaban J connectivity index is 4.46. The van der Waals surface area contributed by atoms with E-state index in [4.69, 9.17) is 5.11 Å². The first kappa shape index (κ1) is 14.9. The van der Waals surface area contributed by atoms with Gasteiger partial charge >= 0.3 is 5.97 Å². The SMILES string of the molecule is CC(C)N(CC(=O)O)C(=O)CCS(C)(=O)=O. The van der Waals surface area contributed by atoms with Crippen molar-refractivity contribution < 1.29 is 23.1 Å². The molecule has 0 aliphatic rings. The molecule has 94 valence electrons. The van der Waals surface area contributed by atoms with Crippen LogP contribution in [0.3, 0.4) is 0 Å². The van der Waals surface area contributed by atoms with Crippen molar-refractivity contribution in [1.82, 2.24) is 4.90 Å². The van der Waals surface area contributed by atoms with Crippen LogP contribution in [0.5, 0.6) is 0 Å². The van der Waals surface area contributed by atoms with Crippen molar-refractivity contribution in [3.8, 4) is 0 Å². The molecule has 0 aromatic carbocycles. The Labute approximate surface area is 95.2 Å². The van der Waals surface area contributed by atoms with E-state index in [-0.39, 0.29) is 18.2 Å². The molecule has 6 nitrogen and oxygen atoms in total. The number of nitrogens with zero attached hydrogens (tertiary/aromatic N) is 1. The number of sulfone groups is 1. The molecule has 0 bridgehead atoms. The van der Waals surface area contributed by atoms with Crippen LogP contribution in [0.2, 0.25) is 0 Å². The average Bonchev–Trinajstić information content (AvgIpc) is 2.08. The summed E-state index contributed by atoms with van der Waals surface area (Å²) in [5.41, 5.74) is 0. The Bertz CT molecular complexity index is 360. The summed E-state index contributed by atoms with van der Waals surface area (Å²) in [6, 6.07) is -0.261. The second-order valence-electron chi connectivity index (χ2n) is 3.89. The first-order chi connectivity index (χ1) is 7.13. The maximum Gasteiger partial charge on any atom is 0.323 e. The quantitative estimate of drug-likeness (QED) is 0.702. The molecule has 7 heteroatoms. The van der Waals surface area contributed by atoms with Gasteiger partial charge < -0.3 is 10.0 Å². The van der Waals surface area contributed by atoms with Crippen molar-refractivity contribution in [3.63, 3.8) is 0 Å². The number of aliphatic carboxylic acids is 1.